The highest BCUT2D eigenvalue weighted by atomic mass is 15.2. The minimum atomic E-state index is 0.536. The number of nitrogens with two attached hydrogens (primary N) is 1. The van der Waals surface area contributed by atoms with Crippen molar-refractivity contribution in [1.82, 2.24) is 4.90 Å². The van der Waals surface area contributed by atoms with Crippen LogP contribution in [0.5, 0.6) is 0 Å². The Morgan fingerprint density at radius 1 is 1.35 bits per heavy atom. The molecule has 2 nitrogen and oxygen atoms in total. The predicted molar refractivity (Wildman–Crippen MR) is 72.9 cm³/mol. The van der Waals surface area contributed by atoms with Gasteiger partial charge in [0.15, 0.2) is 0 Å². The van der Waals surface area contributed by atoms with Crippen molar-refractivity contribution in [2.24, 2.45) is 11.7 Å². The molecule has 0 aliphatic carbocycles. The molecule has 0 amide bonds. The van der Waals surface area contributed by atoms with E-state index in [-0.39, 0.29) is 0 Å². The van der Waals surface area contributed by atoms with Crippen LogP contribution in [-0.4, -0.2) is 24.5 Å². The van der Waals surface area contributed by atoms with Crippen LogP contribution >= 0.6 is 0 Å². The Kier molecular flexibility index (Phi) is 4.19. The van der Waals surface area contributed by atoms with Crippen LogP contribution in [0.15, 0.2) is 24.3 Å². The average Bonchev–Trinajstić information content (AvgIpc) is 2.38. The molecule has 0 bridgehead atoms. The van der Waals surface area contributed by atoms with Gasteiger partial charge in [0, 0.05) is 6.04 Å². The molecule has 94 valence electrons. The van der Waals surface area contributed by atoms with Gasteiger partial charge >= 0.3 is 0 Å². The zero-order chi connectivity index (χ0) is 12.3. The molecule has 2 rings (SSSR count). The third kappa shape index (κ3) is 3.08. The fourth-order valence-electron chi connectivity index (χ4n) is 2.72. The zero-order valence-electron chi connectivity index (χ0n) is 11.0. The van der Waals surface area contributed by atoms with Gasteiger partial charge in [0.2, 0.25) is 0 Å². The van der Waals surface area contributed by atoms with E-state index in [9.17, 15) is 0 Å². The maximum atomic E-state index is 5.74. The summed E-state index contributed by atoms with van der Waals surface area (Å²) < 4.78 is 0. The van der Waals surface area contributed by atoms with Crippen LogP contribution in [-0.2, 0) is 0 Å². The van der Waals surface area contributed by atoms with Crippen molar-refractivity contribution in [1.29, 1.82) is 0 Å². The lowest BCUT2D eigenvalue weighted by molar-refractivity contribution is 0.143. The third-order valence-corrected chi connectivity index (χ3v) is 4.05. The lowest BCUT2D eigenvalue weighted by Crippen LogP contribution is -2.37. The summed E-state index contributed by atoms with van der Waals surface area (Å²) in [5, 5.41) is 0. The monoisotopic (exact) mass is 232 g/mol. The molecule has 1 aliphatic rings. The van der Waals surface area contributed by atoms with Crippen molar-refractivity contribution in [2.45, 2.75) is 32.7 Å². The number of rotatable bonds is 3. The average molecular weight is 232 g/mol. The molecule has 2 N–H and O–H groups in total. The Balaban J connectivity index is 1.99. The van der Waals surface area contributed by atoms with Gasteiger partial charge in [-0.05, 0) is 57.8 Å². The minimum Gasteiger partial charge on any atom is -0.330 e. The van der Waals surface area contributed by atoms with Crippen molar-refractivity contribution in [3.05, 3.63) is 35.4 Å². The normalized spacial score (nSPS) is 20.4. The first kappa shape index (κ1) is 12.6. The van der Waals surface area contributed by atoms with Crippen LogP contribution in [0, 0.1) is 12.8 Å². The first-order chi connectivity index (χ1) is 8.20. The molecular weight excluding hydrogens is 208 g/mol. The second kappa shape index (κ2) is 5.65. The summed E-state index contributed by atoms with van der Waals surface area (Å²) in [6.45, 7) is 7.72. The van der Waals surface area contributed by atoms with Gasteiger partial charge in [0.25, 0.3) is 0 Å². The van der Waals surface area contributed by atoms with E-state index < -0.39 is 0 Å². The molecule has 0 spiro atoms. The molecule has 17 heavy (non-hydrogen) atoms. The fourth-order valence-corrected chi connectivity index (χ4v) is 2.72. The van der Waals surface area contributed by atoms with Crippen LogP contribution in [0.25, 0.3) is 0 Å². The maximum absolute atomic E-state index is 5.74. The lowest BCUT2D eigenvalue weighted by Gasteiger charge is -2.36. The maximum Gasteiger partial charge on any atom is 0.0319 e. The number of benzene rings is 1. The van der Waals surface area contributed by atoms with E-state index in [0.717, 1.165) is 12.5 Å². The summed E-state index contributed by atoms with van der Waals surface area (Å²) in [7, 11) is 0. The summed E-state index contributed by atoms with van der Waals surface area (Å²) in [5.74, 6) is 0.746. The molecule has 1 unspecified atom stereocenters. The first-order valence-electron chi connectivity index (χ1n) is 6.71. The molecule has 0 saturated carbocycles. The van der Waals surface area contributed by atoms with E-state index in [1.807, 2.05) is 0 Å². The van der Waals surface area contributed by atoms with Crippen molar-refractivity contribution >= 4 is 0 Å². The van der Waals surface area contributed by atoms with Crippen molar-refractivity contribution in [2.75, 3.05) is 19.6 Å². The Labute approximate surface area is 105 Å². The topological polar surface area (TPSA) is 29.3 Å². The summed E-state index contributed by atoms with van der Waals surface area (Å²) in [5.41, 5.74) is 8.53. The molecule has 1 aromatic rings. The van der Waals surface area contributed by atoms with Crippen molar-refractivity contribution < 1.29 is 0 Å². The summed E-state index contributed by atoms with van der Waals surface area (Å²) >= 11 is 0. The second-order valence-electron chi connectivity index (χ2n) is 5.31. The van der Waals surface area contributed by atoms with Gasteiger partial charge in [-0.2, -0.15) is 0 Å². The minimum absolute atomic E-state index is 0.536. The zero-order valence-corrected chi connectivity index (χ0v) is 11.0. The Bertz CT molecular complexity index is 354. The van der Waals surface area contributed by atoms with Crippen LogP contribution in [0.1, 0.15) is 36.9 Å². The van der Waals surface area contributed by atoms with E-state index >= 15 is 0 Å². The molecular formula is C15H24N2. The van der Waals surface area contributed by atoms with Gasteiger partial charge in [0.1, 0.15) is 0 Å². The van der Waals surface area contributed by atoms with Crippen LogP contribution < -0.4 is 5.73 Å². The van der Waals surface area contributed by atoms with Gasteiger partial charge in [-0.25, -0.2) is 0 Å². The third-order valence-electron chi connectivity index (χ3n) is 4.05. The number of piperidine rings is 1. The highest BCUT2D eigenvalue weighted by molar-refractivity contribution is 5.24. The van der Waals surface area contributed by atoms with Gasteiger partial charge in [-0.1, -0.05) is 29.8 Å². The van der Waals surface area contributed by atoms with E-state index in [4.69, 9.17) is 5.73 Å². The highest BCUT2D eigenvalue weighted by Crippen LogP contribution is 2.26. The SMILES string of the molecule is Cc1cccc(C(C)N2CCC(CN)CC2)c1. The van der Waals surface area contributed by atoms with Crippen molar-refractivity contribution in [3.8, 4) is 0 Å². The van der Waals surface area contributed by atoms with E-state index in [1.165, 1.54) is 37.1 Å². The predicted octanol–water partition coefficient (Wildman–Crippen LogP) is 2.73. The molecule has 0 aromatic heterocycles. The van der Waals surface area contributed by atoms with Crippen LogP contribution in [0.4, 0.5) is 0 Å². The second-order valence-corrected chi connectivity index (χ2v) is 5.31. The smallest absolute Gasteiger partial charge is 0.0319 e. The lowest BCUT2D eigenvalue weighted by atomic mass is 9.94. The number of nitrogens with zero attached hydrogens (tertiary/aromatic N) is 1. The summed E-state index contributed by atoms with van der Waals surface area (Å²) in [4.78, 5) is 2.58. The van der Waals surface area contributed by atoms with E-state index in [0.29, 0.717) is 6.04 Å². The molecule has 1 fully saturated rings. The molecule has 0 radical (unpaired) electrons. The highest BCUT2D eigenvalue weighted by Gasteiger charge is 2.22. The molecule has 1 atom stereocenters. The Morgan fingerprint density at radius 2 is 2.06 bits per heavy atom. The molecule has 1 aliphatic heterocycles. The van der Waals surface area contributed by atoms with Crippen molar-refractivity contribution in [3.63, 3.8) is 0 Å². The number of aryl methyl sites for hydroxylation is 1. The first-order valence-corrected chi connectivity index (χ1v) is 6.71. The van der Waals surface area contributed by atoms with E-state index in [2.05, 4.69) is 43.0 Å². The molecule has 1 heterocycles. The molecule has 1 saturated heterocycles. The Hall–Kier alpha value is -0.860. The number of hydrogen-bond donors (Lipinski definition) is 1. The van der Waals surface area contributed by atoms with Crippen LogP contribution in [0.3, 0.4) is 0 Å². The number of likely N-dealkylation sites (tertiary alicyclic amines) is 1. The van der Waals surface area contributed by atoms with Gasteiger partial charge in [-0.15, -0.1) is 0 Å². The quantitative estimate of drug-likeness (QED) is 0.868. The standard InChI is InChI=1S/C15H24N2/c1-12-4-3-5-15(10-12)13(2)17-8-6-14(11-16)7-9-17/h3-5,10,13-14H,6-9,11,16H2,1-2H3. The van der Waals surface area contributed by atoms with Gasteiger partial charge in [0.05, 0.1) is 0 Å². The summed E-state index contributed by atoms with van der Waals surface area (Å²) in [6, 6.07) is 9.41. The molecule has 2 heteroatoms. The fraction of sp³-hybridized carbons (Fsp3) is 0.600. The number of hydrogen-bond acceptors (Lipinski definition) is 2. The Morgan fingerprint density at radius 3 is 2.65 bits per heavy atom. The molecule has 1 aromatic carbocycles. The van der Waals surface area contributed by atoms with Gasteiger partial charge < -0.3 is 5.73 Å². The largest absolute Gasteiger partial charge is 0.330 e. The van der Waals surface area contributed by atoms with Gasteiger partial charge in [-0.3, -0.25) is 4.90 Å². The van der Waals surface area contributed by atoms with Crippen LogP contribution in [0.2, 0.25) is 0 Å². The summed E-state index contributed by atoms with van der Waals surface area (Å²) in [6.07, 6.45) is 2.51. The van der Waals surface area contributed by atoms with E-state index in [1.54, 1.807) is 0 Å².